The van der Waals surface area contributed by atoms with Gasteiger partial charge in [-0.15, -0.1) is 0 Å². The van der Waals surface area contributed by atoms with Crippen molar-refractivity contribution in [3.8, 4) is 0 Å². The highest BCUT2D eigenvalue weighted by atomic mass is 35.5. The van der Waals surface area contributed by atoms with Crippen molar-refractivity contribution in [2.45, 2.75) is 13.3 Å². The molecule has 0 aliphatic rings. The number of halogens is 1. The molecule has 0 aliphatic carbocycles. The van der Waals surface area contributed by atoms with Crippen molar-refractivity contribution in [3.63, 3.8) is 0 Å². The van der Waals surface area contributed by atoms with Gasteiger partial charge in [0.15, 0.2) is 0 Å². The lowest BCUT2D eigenvalue weighted by Gasteiger charge is -2.26. The van der Waals surface area contributed by atoms with Crippen LogP contribution in [-0.2, 0) is 16.0 Å². The van der Waals surface area contributed by atoms with Crippen LogP contribution < -0.4 is 4.31 Å². The van der Waals surface area contributed by atoms with Gasteiger partial charge in [0.05, 0.1) is 18.4 Å². The SMILES string of the molecule is CCCN(c1cc(Cl)cc(C(=O)OC)c1)S(=O)[O-]. The Morgan fingerprint density at radius 3 is 2.67 bits per heavy atom. The number of esters is 1. The number of rotatable bonds is 5. The number of methoxy groups -OCH3 is 1. The van der Waals surface area contributed by atoms with E-state index in [4.69, 9.17) is 11.6 Å². The van der Waals surface area contributed by atoms with E-state index in [1.54, 1.807) is 0 Å². The van der Waals surface area contributed by atoms with Crippen LogP contribution in [-0.4, -0.2) is 28.4 Å². The molecule has 0 amide bonds. The molecule has 0 aliphatic heterocycles. The van der Waals surface area contributed by atoms with Crippen LogP contribution in [0.5, 0.6) is 0 Å². The summed E-state index contributed by atoms with van der Waals surface area (Å²) in [6, 6.07) is 4.34. The Balaban J connectivity index is 3.18. The third-order valence-electron chi connectivity index (χ3n) is 2.20. The predicted octanol–water partition coefficient (Wildman–Crippen LogP) is 2.14. The van der Waals surface area contributed by atoms with Gasteiger partial charge < -0.3 is 13.6 Å². The molecule has 0 aromatic heterocycles. The molecule has 1 unspecified atom stereocenters. The maximum absolute atomic E-state index is 11.4. The second kappa shape index (κ2) is 6.72. The summed E-state index contributed by atoms with van der Waals surface area (Å²) in [6.07, 6.45) is 0.647. The fraction of sp³-hybridized carbons (Fsp3) is 0.364. The highest BCUT2D eigenvalue weighted by Crippen LogP contribution is 2.24. The molecule has 0 saturated heterocycles. The number of anilines is 1. The minimum absolute atomic E-state index is 0.214. The summed E-state index contributed by atoms with van der Waals surface area (Å²) >= 11 is 3.45. The predicted molar refractivity (Wildman–Crippen MR) is 69.3 cm³/mol. The van der Waals surface area contributed by atoms with Gasteiger partial charge in [-0.2, -0.15) is 0 Å². The van der Waals surface area contributed by atoms with Gasteiger partial charge in [-0.1, -0.05) is 18.5 Å². The fourth-order valence-corrected chi connectivity index (χ4v) is 2.29. The van der Waals surface area contributed by atoms with Crippen LogP contribution in [0.1, 0.15) is 23.7 Å². The van der Waals surface area contributed by atoms with Gasteiger partial charge in [0.2, 0.25) is 0 Å². The van der Waals surface area contributed by atoms with Gasteiger partial charge in [-0.05, 0) is 24.6 Å². The summed E-state index contributed by atoms with van der Waals surface area (Å²) in [7, 11) is 1.25. The lowest BCUT2D eigenvalue weighted by molar-refractivity contribution is 0.0600. The summed E-state index contributed by atoms with van der Waals surface area (Å²) in [5.41, 5.74) is 0.560. The van der Waals surface area contributed by atoms with E-state index in [2.05, 4.69) is 4.74 Å². The molecule has 7 heteroatoms. The molecule has 18 heavy (non-hydrogen) atoms. The Kier molecular flexibility index (Phi) is 5.58. The van der Waals surface area contributed by atoms with E-state index >= 15 is 0 Å². The monoisotopic (exact) mass is 290 g/mol. The van der Waals surface area contributed by atoms with E-state index in [1.165, 1.54) is 25.3 Å². The zero-order chi connectivity index (χ0) is 13.7. The number of nitrogens with zero attached hydrogens (tertiary/aromatic N) is 1. The van der Waals surface area contributed by atoms with E-state index in [0.717, 1.165) is 4.31 Å². The summed E-state index contributed by atoms with van der Waals surface area (Å²) in [5, 5.41) is 0.277. The van der Waals surface area contributed by atoms with E-state index in [0.29, 0.717) is 18.7 Å². The fourth-order valence-electron chi connectivity index (χ4n) is 1.45. The van der Waals surface area contributed by atoms with Crippen molar-refractivity contribution >= 4 is 34.5 Å². The van der Waals surface area contributed by atoms with Gasteiger partial charge in [-0.3, -0.25) is 4.21 Å². The van der Waals surface area contributed by atoms with Crippen molar-refractivity contribution in [2.75, 3.05) is 18.0 Å². The lowest BCUT2D eigenvalue weighted by Crippen LogP contribution is -2.26. The van der Waals surface area contributed by atoms with E-state index in [1.807, 2.05) is 6.92 Å². The normalized spacial score (nSPS) is 12.0. The Morgan fingerprint density at radius 1 is 1.50 bits per heavy atom. The van der Waals surface area contributed by atoms with Crippen molar-refractivity contribution < 1.29 is 18.3 Å². The molecular weight excluding hydrogens is 278 g/mol. The third kappa shape index (κ3) is 3.69. The van der Waals surface area contributed by atoms with Crippen LogP contribution in [0.2, 0.25) is 5.02 Å². The highest BCUT2D eigenvalue weighted by Gasteiger charge is 2.12. The summed E-state index contributed by atoms with van der Waals surface area (Å²) < 4.78 is 28.0. The van der Waals surface area contributed by atoms with Gasteiger partial charge in [-0.25, -0.2) is 4.79 Å². The van der Waals surface area contributed by atoms with Crippen LogP contribution in [0.4, 0.5) is 5.69 Å². The minimum atomic E-state index is -2.41. The molecule has 0 fully saturated rings. The van der Waals surface area contributed by atoms with E-state index in [9.17, 15) is 13.6 Å². The quantitative estimate of drug-likeness (QED) is 0.615. The molecule has 1 rings (SSSR count). The zero-order valence-electron chi connectivity index (χ0n) is 10.0. The molecular formula is C11H13ClNO4S-. The molecule has 0 N–H and O–H groups in total. The Morgan fingerprint density at radius 2 is 2.17 bits per heavy atom. The lowest BCUT2D eigenvalue weighted by atomic mass is 10.2. The zero-order valence-corrected chi connectivity index (χ0v) is 11.6. The Hall–Kier alpha value is -1.11. The number of benzene rings is 1. The second-order valence-corrected chi connectivity index (χ2v) is 4.82. The number of ether oxygens (including phenoxy) is 1. The molecule has 1 aromatic carbocycles. The highest BCUT2D eigenvalue weighted by molar-refractivity contribution is 7.80. The minimum Gasteiger partial charge on any atom is -0.755 e. The number of carbonyl (C=O) groups is 1. The summed E-state index contributed by atoms with van der Waals surface area (Å²) in [5.74, 6) is -0.563. The topological polar surface area (TPSA) is 69.7 Å². The van der Waals surface area contributed by atoms with Crippen LogP contribution >= 0.6 is 11.6 Å². The molecule has 100 valence electrons. The molecule has 0 bridgehead atoms. The Labute approximate surface area is 113 Å². The summed E-state index contributed by atoms with van der Waals surface area (Å²) in [6.45, 7) is 2.17. The smallest absolute Gasteiger partial charge is 0.337 e. The first-order valence-electron chi connectivity index (χ1n) is 5.25. The Bertz CT molecular complexity index is 466. The molecule has 0 spiro atoms. The summed E-state index contributed by atoms with van der Waals surface area (Å²) in [4.78, 5) is 11.4. The maximum atomic E-state index is 11.4. The average molecular weight is 291 g/mol. The van der Waals surface area contributed by atoms with Crippen LogP contribution in [0.3, 0.4) is 0 Å². The van der Waals surface area contributed by atoms with Crippen molar-refractivity contribution in [2.24, 2.45) is 0 Å². The van der Waals surface area contributed by atoms with E-state index in [-0.39, 0.29) is 10.6 Å². The molecule has 1 atom stereocenters. The van der Waals surface area contributed by atoms with Crippen LogP contribution in [0.15, 0.2) is 18.2 Å². The molecule has 0 saturated carbocycles. The molecule has 0 radical (unpaired) electrons. The van der Waals surface area contributed by atoms with Crippen LogP contribution in [0.25, 0.3) is 0 Å². The second-order valence-electron chi connectivity index (χ2n) is 3.51. The first-order chi connectivity index (χ1) is 8.49. The van der Waals surface area contributed by atoms with Gasteiger partial charge in [0.1, 0.15) is 0 Å². The van der Waals surface area contributed by atoms with Crippen molar-refractivity contribution in [1.29, 1.82) is 0 Å². The van der Waals surface area contributed by atoms with Crippen molar-refractivity contribution in [1.82, 2.24) is 0 Å². The van der Waals surface area contributed by atoms with Gasteiger partial charge >= 0.3 is 5.97 Å². The molecule has 1 aromatic rings. The first kappa shape index (κ1) is 14.9. The number of carbonyl (C=O) groups excluding carboxylic acids is 1. The third-order valence-corrected chi connectivity index (χ3v) is 3.17. The number of hydrogen-bond donors (Lipinski definition) is 0. The number of hydrogen-bond acceptors (Lipinski definition) is 4. The molecule has 0 heterocycles. The van der Waals surface area contributed by atoms with Crippen molar-refractivity contribution in [3.05, 3.63) is 28.8 Å². The standard InChI is InChI=1S/C11H14ClNO4S/c1-3-4-13(18(15)16)10-6-8(11(14)17-2)5-9(12)7-10/h5-7H,3-4H2,1-2H3,(H,15,16)/p-1. The first-order valence-corrected chi connectivity index (χ1v) is 6.66. The van der Waals surface area contributed by atoms with Crippen LogP contribution in [0, 0.1) is 0 Å². The van der Waals surface area contributed by atoms with Gasteiger partial charge in [0, 0.05) is 22.8 Å². The largest absolute Gasteiger partial charge is 0.755 e. The average Bonchev–Trinajstić information content (AvgIpc) is 2.33. The van der Waals surface area contributed by atoms with Gasteiger partial charge in [0.25, 0.3) is 0 Å². The van der Waals surface area contributed by atoms with E-state index < -0.39 is 17.2 Å². The maximum Gasteiger partial charge on any atom is 0.337 e. The molecule has 5 nitrogen and oxygen atoms in total.